The van der Waals surface area contributed by atoms with Crippen LogP contribution in [-0.4, -0.2) is 22.0 Å². The maximum Gasteiger partial charge on any atom is 0.258 e. The maximum absolute atomic E-state index is 13.9. The van der Waals surface area contributed by atoms with Crippen LogP contribution in [0, 0.1) is 12.7 Å². The number of aryl methyl sites for hydroxylation is 1. The molecule has 5 nitrogen and oxygen atoms in total. The number of fused-ring (bicyclic) bond motifs is 1. The van der Waals surface area contributed by atoms with E-state index in [4.69, 9.17) is 0 Å². The third-order valence-corrected chi connectivity index (χ3v) is 7.45. The van der Waals surface area contributed by atoms with Crippen molar-refractivity contribution in [3.05, 3.63) is 83.7 Å². The van der Waals surface area contributed by atoms with E-state index in [2.05, 4.69) is 15.6 Å². The van der Waals surface area contributed by atoms with E-state index >= 15 is 0 Å². The third kappa shape index (κ3) is 5.58. The quantitative estimate of drug-likeness (QED) is 0.297. The molecule has 0 aliphatic carbocycles. The molecule has 1 heterocycles. The van der Waals surface area contributed by atoms with Crippen molar-refractivity contribution in [2.75, 3.05) is 10.6 Å². The molecule has 0 aliphatic rings. The number of nitrogens with one attached hydrogen (secondary N) is 2. The van der Waals surface area contributed by atoms with Gasteiger partial charge in [-0.05, 0) is 55.8 Å². The van der Waals surface area contributed by atoms with Crippen LogP contribution in [0.5, 0.6) is 0 Å². The number of thiazole rings is 1. The molecule has 2 amide bonds. The number of halogens is 1. The van der Waals surface area contributed by atoms with E-state index in [1.807, 2.05) is 44.2 Å². The van der Waals surface area contributed by atoms with Crippen LogP contribution in [0.25, 0.3) is 10.2 Å². The van der Waals surface area contributed by atoms with E-state index in [-0.39, 0.29) is 16.7 Å². The lowest BCUT2D eigenvalue weighted by molar-refractivity contribution is -0.115. The Kier molecular flexibility index (Phi) is 7.05. The van der Waals surface area contributed by atoms with Gasteiger partial charge in [0.05, 0.1) is 21.0 Å². The van der Waals surface area contributed by atoms with Crippen LogP contribution in [0.4, 0.5) is 15.8 Å². The molecule has 8 heteroatoms. The van der Waals surface area contributed by atoms with Crippen LogP contribution in [0.1, 0.15) is 29.3 Å². The molecule has 4 aromatic rings. The van der Waals surface area contributed by atoms with Gasteiger partial charge < -0.3 is 10.6 Å². The molecule has 1 unspecified atom stereocenters. The maximum atomic E-state index is 13.9. The Balaban J connectivity index is 1.46. The molecule has 168 valence electrons. The van der Waals surface area contributed by atoms with Crippen molar-refractivity contribution in [3.63, 3.8) is 0 Å². The Bertz CT molecular complexity index is 1300. The second kappa shape index (κ2) is 10.1. The van der Waals surface area contributed by atoms with Gasteiger partial charge in [-0.25, -0.2) is 9.37 Å². The van der Waals surface area contributed by atoms with Crippen LogP contribution in [0.15, 0.2) is 71.1 Å². The Morgan fingerprint density at radius 1 is 1.03 bits per heavy atom. The standard InChI is InChI=1S/C25H22FN3O2S2/c1-3-21(24(31)27-16-10-8-15(2)9-11-16)32-25-29-20-13-12-17(14-22(20)33-25)28-23(30)18-6-4-5-7-19(18)26/h4-14,21H,3H2,1-2H3,(H,27,31)(H,28,30). The van der Waals surface area contributed by atoms with Crippen molar-refractivity contribution in [1.82, 2.24) is 4.98 Å². The topological polar surface area (TPSA) is 71.1 Å². The average Bonchev–Trinajstić information content (AvgIpc) is 3.21. The van der Waals surface area contributed by atoms with E-state index in [0.717, 1.165) is 25.8 Å². The van der Waals surface area contributed by atoms with Gasteiger partial charge >= 0.3 is 0 Å². The van der Waals surface area contributed by atoms with Gasteiger partial charge in [-0.15, -0.1) is 11.3 Å². The minimum atomic E-state index is -0.568. The van der Waals surface area contributed by atoms with Crippen molar-refractivity contribution in [2.24, 2.45) is 0 Å². The fourth-order valence-electron chi connectivity index (χ4n) is 3.18. The van der Waals surface area contributed by atoms with Crippen molar-refractivity contribution < 1.29 is 14.0 Å². The summed E-state index contributed by atoms with van der Waals surface area (Å²) in [6.07, 6.45) is 0.655. The normalized spacial score (nSPS) is 11.8. The molecule has 33 heavy (non-hydrogen) atoms. The highest BCUT2D eigenvalue weighted by Gasteiger charge is 2.20. The molecule has 4 rings (SSSR count). The Morgan fingerprint density at radius 2 is 1.76 bits per heavy atom. The number of carbonyl (C=O) groups is 2. The number of anilines is 2. The molecular weight excluding hydrogens is 457 g/mol. The summed E-state index contributed by atoms with van der Waals surface area (Å²) in [4.78, 5) is 29.8. The molecule has 1 atom stereocenters. The summed E-state index contributed by atoms with van der Waals surface area (Å²) in [7, 11) is 0. The van der Waals surface area contributed by atoms with E-state index in [9.17, 15) is 14.0 Å². The predicted molar refractivity (Wildman–Crippen MR) is 134 cm³/mol. The number of rotatable bonds is 7. The summed E-state index contributed by atoms with van der Waals surface area (Å²) in [6.45, 7) is 3.97. The molecule has 0 aliphatic heterocycles. The van der Waals surface area contributed by atoms with Gasteiger partial charge in [0.2, 0.25) is 5.91 Å². The molecule has 0 radical (unpaired) electrons. The van der Waals surface area contributed by atoms with Crippen LogP contribution in [0.3, 0.4) is 0 Å². The first-order chi connectivity index (χ1) is 15.9. The van der Waals surface area contributed by atoms with E-state index in [0.29, 0.717) is 12.1 Å². The molecule has 0 spiro atoms. The second-order valence-corrected chi connectivity index (χ2v) is 9.95. The fourth-order valence-corrected chi connectivity index (χ4v) is 5.45. The van der Waals surface area contributed by atoms with Crippen LogP contribution < -0.4 is 10.6 Å². The summed E-state index contributed by atoms with van der Waals surface area (Å²) < 4.78 is 15.5. The zero-order chi connectivity index (χ0) is 23.4. The lowest BCUT2D eigenvalue weighted by Crippen LogP contribution is -2.24. The summed E-state index contributed by atoms with van der Waals surface area (Å²) in [5, 5.41) is 5.41. The first-order valence-corrected chi connectivity index (χ1v) is 12.1. The minimum Gasteiger partial charge on any atom is -0.325 e. The molecule has 0 saturated heterocycles. The first-order valence-electron chi connectivity index (χ1n) is 10.4. The van der Waals surface area contributed by atoms with E-state index in [1.165, 1.54) is 35.2 Å². The average molecular weight is 480 g/mol. The van der Waals surface area contributed by atoms with Gasteiger partial charge in [0, 0.05) is 11.4 Å². The summed E-state index contributed by atoms with van der Waals surface area (Å²) in [5.74, 6) is -1.14. The number of thioether (sulfide) groups is 1. The monoisotopic (exact) mass is 479 g/mol. The van der Waals surface area contributed by atoms with Gasteiger partial charge in [0.1, 0.15) is 5.82 Å². The van der Waals surface area contributed by atoms with Gasteiger partial charge in [-0.2, -0.15) is 0 Å². The summed E-state index contributed by atoms with van der Waals surface area (Å²) >= 11 is 2.88. The number of benzene rings is 3. The zero-order valence-corrected chi connectivity index (χ0v) is 19.7. The minimum absolute atomic E-state index is 0.0106. The smallest absolute Gasteiger partial charge is 0.258 e. The van der Waals surface area contributed by atoms with Gasteiger partial charge in [0.15, 0.2) is 4.34 Å². The van der Waals surface area contributed by atoms with Crippen molar-refractivity contribution >= 4 is 56.5 Å². The number of hydrogen-bond donors (Lipinski definition) is 2. The summed E-state index contributed by atoms with van der Waals surface area (Å²) in [5.41, 5.74) is 3.22. The van der Waals surface area contributed by atoms with E-state index in [1.54, 1.807) is 24.3 Å². The van der Waals surface area contributed by atoms with Crippen molar-refractivity contribution in [2.45, 2.75) is 29.9 Å². The van der Waals surface area contributed by atoms with Crippen LogP contribution in [-0.2, 0) is 4.79 Å². The largest absolute Gasteiger partial charge is 0.325 e. The Hall–Kier alpha value is -3.23. The summed E-state index contributed by atoms with van der Waals surface area (Å²) in [6, 6.07) is 18.9. The van der Waals surface area contributed by atoms with E-state index < -0.39 is 11.7 Å². The highest BCUT2D eigenvalue weighted by Crippen LogP contribution is 2.35. The number of amides is 2. The Labute approximate surface area is 199 Å². The third-order valence-electron chi connectivity index (χ3n) is 4.97. The lowest BCUT2D eigenvalue weighted by Gasteiger charge is -2.13. The number of hydrogen-bond acceptors (Lipinski definition) is 5. The Morgan fingerprint density at radius 3 is 2.48 bits per heavy atom. The predicted octanol–water partition coefficient (Wildman–Crippen LogP) is 6.51. The zero-order valence-electron chi connectivity index (χ0n) is 18.1. The first kappa shape index (κ1) is 22.9. The molecule has 2 N–H and O–H groups in total. The molecule has 3 aromatic carbocycles. The van der Waals surface area contributed by atoms with Gasteiger partial charge in [-0.3, -0.25) is 9.59 Å². The van der Waals surface area contributed by atoms with Crippen molar-refractivity contribution in [3.8, 4) is 0 Å². The fraction of sp³-hybridized carbons (Fsp3) is 0.160. The molecule has 0 fully saturated rings. The van der Waals surface area contributed by atoms with Crippen LogP contribution >= 0.6 is 23.1 Å². The highest BCUT2D eigenvalue weighted by atomic mass is 32.2. The van der Waals surface area contributed by atoms with Gasteiger partial charge in [0.25, 0.3) is 5.91 Å². The highest BCUT2D eigenvalue weighted by molar-refractivity contribution is 8.02. The molecule has 1 aromatic heterocycles. The molecule has 0 saturated carbocycles. The molecular formula is C25H22FN3O2S2. The second-order valence-electron chi connectivity index (χ2n) is 7.47. The number of carbonyl (C=O) groups excluding carboxylic acids is 2. The van der Waals surface area contributed by atoms with Crippen molar-refractivity contribution in [1.29, 1.82) is 0 Å². The van der Waals surface area contributed by atoms with Crippen LogP contribution in [0.2, 0.25) is 0 Å². The number of aromatic nitrogens is 1. The molecule has 0 bridgehead atoms. The lowest BCUT2D eigenvalue weighted by atomic mass is 10.2. The van der Waals surface area contributed by atoms with Gasteiger partial charge in [-0.1, -0.05) is 48.5 Å². The SMILES string of the molecule is CCC(Sc1nc2ccc(NC(=O)c3ccccc3F)cc2s1)C(=O)Nc1ccc(C)cc1. The number of nitrogens with zero attached hydrogens (tertiary/aromatic N) is 1.